The average Bonchev–Trinajstić information content (AvgIpc) is 2.90. The smallest absolute Gasteiger partial charge is 0.124 e. The van der Waals surface area contributed by atoms with E-state index in [-0.39, 0.29) is 11.9 Å². The van der Waals surface area contributed by atoms with Gasteiger partial charge in [0.15, 0.2) is 0 Å². The van der Waals surface area contributed by atoms with Crippen LogP contribution in [-0.4, -0.2) is 16.1 Å². The van der Waals surface area contributed by atoms with Crippen LogP contribution in [0.15, 0.2) is 24.4 Å². The van der Waals surface area contributed by atoms with Crippen LogP contribution in [0.3, 0.4) is 0 Å². The van der Waals surface area contributed by atoms with Gasteiger partial charge in [-0.1, -0.05) is 29.1 Å². The van der Waals surface area contributed by atoms with E-state index in [4.69, 9.17) is 11.6 Å². The van der Waals surface area contributed by atoms with Crippen molar-refractivity contribution in [3.63, 3.8) is 0 Å². The molecule has 2 aromatic rings. The van der Waals surface area contributed by atoms with Crippen molar-refractivity contribution in [3.05, 3.63) is 45.7 Å². The van der Waals surface area contributed by atoms with Crippen molar-refractivity contribution in [2.24, 2.45) is 0 Å². The maximum absolute atomic E-state index is 13.0. The zero-order chi connectivity index (χ0) is 13.7. The summed E-state index contributed by atoms with van der Waals surface area (Å²) < 4.78 is 16.9. The Morgan fingerprint density at radius 2 is 2.32 bits per heavy atom. The number of halogens is 2. The topological polar surface area (TPSA) is 37.8 Å². The third kappa shape index (κ3) is 3.96. The Labute approximate surface area is 121 Å². The summed E-state index contributed by atoms with van der Waals surface area (Å²) in [5.74, 6) is -0.314. The first-order valence-corrected chi connectivity index (χ1v) is 7.30. The minimum absolute atomic E-state index is 0.114. The minimum atomic E-state index is -0.314. The van der Waals surface area contributed by atoms with E-state index in [9.17, 15) is 4.39 Å². The average molecular weight is 300 g/mol. The predicted molar refractivity (Wildman–Crippen MR) is 76.1 cm³/mol. The van der Waals surface area contributed by atoms with Gasteiger partial charge in [-0.3, -0.25) is 0 Å². The highest BCUT2D eigenvalue weighted by molar-refractivity contribution is 7.05. The van der Waals surface area contributed by atoms with Gasteiger partial charge in [-0.15, -0.1) is 5.10 Å². The summed E-state index contributed by atoms with van der Waals surface area (Å²) in [6.07, 6.45) is 3.50. The third-order valence-electron chi connectivity index (χ3n) is 2.80. The third-order valence-corrected chi connectivity index (χ3v) is 3.93. The predicted octanol–water partition coefficient (Wildman–Crippen LogP) is 3.61. The fourth-order valence-electron chi connectivity index (χ4n) is 1.83. The highest BCUT2D eigenvalue weighted by Crippen LogP contribution is 2.25. The van der Waals surface area contributed by atoms with Gasteiger partial charge in [0.2, 0.25) is 0 Å². The van der Waals surface area contributed by atoms with Gasteiger partial charge in [0.1, 0.15) is 5.82 Å². The Morgan fingerprint density at radius 3 is 2.95 bits per heavy atom. The van der Waals surface area contributed by atoms with Gasteiger partial charge < -0.3 is 5.32 Å². The molecule has 0 aliphatic heterocycles. The van der Waals surface area contributed by atoms with E-state index in [2.05, 4.69) is 21.8 Å². The normalized spacial score (nSPS) is 12.6. The van der Waals surface area contributed by atoms with Crippen molar-refractivity contribution in [1.29, 1.82) is 0 Å². The standard InChI is InChI=1S/C13H15ClFN3S/c1-2-5-16-12(13-8-17-18-19-13)6-9-3-4-10(15)7-11(9)14/h3-4,7-8,12,16H,2,5-6H2,1H3. The molecule has 2 rings (SSSR count). The largest absolute Gasteiger partial charge is 0.309 e. The monoisotopic (exact) mass is 299 g/mol. The fraction of sp³-hybridized carbons (Fsp3) is 0.385. The van der Waals surface area contributed by atoms with Crippen LogP contribution in [0.1, 0.15) is 29.8 Å². The summed E-state index contributed by atoms with van der Waals surface area (Å²) in [7, 11) is 0. The summed E-state index contributed by atoms with van der Waals surface area (Å²) >= 11 is 7.44. The molecule has 1 heterocycles. The van der Waals surface area contributed by atoms with Crippen molar-refractivity contribution in [3.8, 4) is 0 Å². The van der Waals surface area contributed by atoms with E-state index < -0.39 is 0 Å². The van der Waals surface area contributed by atoms with Gasteiger partial charge >= 0.3 is 0 Å². The Hall–Kier alpha value is -1.04. The Balaban J connectivity index is 2.15. The van der Waals surface area contributed by atoms with Gasteiger partial charge in [-0.2, -0.15) is 0 Å². The maximum Gasteiger partial charge on any atom is 0.124 e. The van der Waals surface area contributed by atoms with Crippen molar-refractivity contribution in [2.45, 2.75) is 25.8 Å². The zero-order valence-electron chi connectivity index (χ0n) is 10.6. The van der Waals surface area contributed by atoms with Crippen LogP contribution in [0.25, 0.3) is 0 Å². The number of aromatic nitrogens is 2. The Morgan fingerprint density at radius 1 is 1.47 bits per heavy atom. The minimum Gasteiger partial charge on any atom is -0.309 e. The molecule has 0 spiro atoms. The Bertz CT molecular complexity index is 519. The first kappa shape index (κ1) is 14.4. The van der Waals surface area contributed by atoms with Gasteiger partial charge in [-0.05, 0) is 48.6 Å². The lowest BCUT2D eigenvalue weighted by atomic mass is 10.0. The molecule has 19 heavy (non-hydrogen) atoms. The lowest BCUT2D eigenvalue weighted by Gasteiger charge is -2.17. The van der Waals surface area contributed by atoms with E-state index in [1.54, 1.807) is 12.3 Å². The van der Waals surface area contributed by atoms with E-state index in [0.717, 1.165) is 23.4 Å². The molecule has 1 aromatic carbocycles. The van der Waals surface area contributed by atoms with Gasteiger partial charge in [0.05, 0.1) is 11.1 Å². The van der Waals surface area contributed by atoms with E-state index >= 15 is 0 Å². The quantitative estimate of drug-likeness (QED) is 0.885. The molecular weight excluding hydrogens is 285 g/mol. The van der Waals surface area contributed by atoms with Crippen LogP contribution in [-0.2, 0) is 6.42 Å². The van der Waals surface area contributed by atoms with Gasteiger partial charge in [0.25, 0.3) is 0 Å². The second-order valence-corrected chi connectivity index (χ2v) is 5.49. The van der Waals surface area contributed by atoms with E-state index in [1.807, 2.05) is 0 Å². The fourth-order valence-corrected chi connectivity index (χ4v) is 2.65. The molecule has 0 aliphatic carbocycles. The summed E-state index contributed by atoms with van der Waals surface area (Å²) in [5, 5.41) is 7.76. The molecule has 1 atom stereocenters. The first-order valence-electron chi connectivity index (χ1n) is 6.15. The molecule has 0 amide bonds. The van der Waals surface area contributed by atoms with Crippen LogP contribution < -0.4 is 5.32 Å². The van der Waals surface area contributed by atoms with Crippen LogP contribution in [0, 0.1) is 5.82 Å². The molecule has 0 radical (unpaired) electrons. The molecule has 0 saturated carbocycles. The molecule has 3 nitrogen and oxygen atoms in total. The van der Waals surface area contributed by atoms with E-state index in [0.29, 0.717) is 11.4 Å². The lowest BCUT2D eigenvalue weighted by Crippen LogP contribution is -2.23. The summed E-state index contributed by atoms with van der Waals surface area (Å²) in [6.45, 7) is 3.02. The summed E-state index contributed by atoms with van der Waals surface area (Å²) in [5.41, 5.74) is 0.921. The Kier molecular flexibility index (Phi) is 5.24. The highest BCUT2D eigenvalue weighted by atomic mass is 35.5. The van der Waals surface area contributed by atoms with E-state index in [1.165, 1.54) is 23.7 Å². The summed E-state index contributed by atoms with van der Waals surface area (Å²) in [6, 6.07) is 4.62. The zero-order valence-corrected chi connectivity index (χ0v) is 12.1. The second kappa shape index (κ2) is 6.93. The number of rotatable bonds is 6. The molecule has 6 heteroatoms. The molecule has 102 valence electrons. The number of benzene rings is 1. The number of nitrogens with one attached hydrogen (secondary N) is 1. The van der Waals surface area contributed by atoms with Crippen LogP contribution in [0.2, 0.25) is 5.02 Å². The molecule has 0 fully saturated rings. The van der Waals surface area contributed by atoms with Crippen molar-refractivity contribution < 1.29 is 4.39 Å². The van der Waals surface area contributed by atoms with Crippen LogP contribution in [0.5, 0.6) is 0 Å². The second-order valence-electron chi connectivity index (χ2n) is 4.27. The van der Waals surface area contributed by atoms with Crippen LogP contribution >= 0.6 is 23.1 Å². The molecule has 0 aliphatic rings. The first-order chi connectivity index (χ1) is 9.20. The number of hydrogen-bond donors (Lipinski definition) is 1. The van der Waals surface area contributed by atoms with Crippen LogP contribution in [0.4, 0.5) is 4.39 Å². The van der Waals surface area contributed by atoms with Gasteiger partial charge in [0, 0.05) is 11.1 Å². The summed E-state index contributed by atoms with van der Waals surface area (Å²) in [4.78, 5) is 1.06. The molecule has 1 aromatic heterocycles. The lowest BCUT2D eigenvalue weighted by molar-refractivity contribution is 0.535. The molecule has 1 unspecified atom stereocenters. The van der Waals surface area contributed by atoms with Crippen molar-refractivity contribution in [1.82, 2.24) is 14.9 Å². The highest BCUT2D eigenvalue weighted by Gasteiger charge is 2.15. The maximum atomic E-state index is 13.0. The number of hydrogen-bond acceptors (Lipinski definition) is 4. The molecule has 0 bridgehead atoms. The molecular formula is C13H15ClFN3S. The number of nitrogens with zero attached hydrogens (tertiary/aromatic N) is 2. The van der Waals surface area contributed by atoms with Crippen molar-refractivity contribution in [2.75, 3.05) is 6.54 Å². The van der Waals surface area contributed by atoms with Gasteiger partial charge in [-0.25, -0.2) is 4.39 Å². The molecule has 0 saturated heterocycles. The SMILES string of the molecule is CCCNC(Cc1ccc(F)cc1Cl)c1cnns1. The molecule has 1 N–H and O–H groups in total. The van der Waals surface area contributed by atoms with Crippen molar-refractivity contribution >= 4 is 23.1 Å².